The highest BCUT2D eigenvalue weighted by molar-refractivity contribution is 4.91. The van der Waals surface area contributed by atoms with Crippen molar-refractivity contribution < 1.29 is 0 Å². The molecular formula is C14H29N3. The van der Waals surface area contributed by atoms with Gasteiger partial charge in [-0.25, -0.2) is 0 Å². The van der Waals surface area contributed by atoms with Crippen molar-refractivity contribution >= 4 is 0 Å². The lowest BCUT2D eigenvalue weighted by molar-refractivity contribution is 0.0990. The summed E-state index contributed by atoms with van der Waals surface area (Å²) in [5.41, 5.74) is 0.574. The van der Waals surface area contributed by atoms with E-state index in [9.17, 15) is 0 Å². The van der Waals surface area contributed by atoms with E-state index < -0.39 is 0 Å². The van der Waals surface area contributed by atoms with Crippen LogP contribution in [0.5, 0.6) is 0 Å². The van der Waals surface area contributed by atoms with Crippen molar-refractivity contribution in [3.8, 4) is 0 Å². The fourth-order valence-electron chi connectivity index (χ4n) is 3.41. The average Bonchev–Trinajstić information content (AvgIpc) is 2.79. The second-order valence-corrected chi connectivity index (χ2v) is 6.25. The Hall–Kier alpha value is -0.120. The van der Waals surface area contributed by atoms with Gasteiger partial charge in [-0.2, -0.15) is 0 Å². The molecule has 0 aromatic rings. The van der Waals surface area contributed by atoms with Gasteiger partial charge in [-0.3, -0.25) is 0 Å². The fourth-order valence-corrected chi connectivity index (χ4v) is 3.41. The van der Waals surface area contributed by atoms with E-state index in [1.54, 1.807) is 0 Å². The molecule has 17 heavy (non-hydrogen) atoms. The lowest BCUT2D eigenvalue weighted by Gasteiger charge is -2.40. The summed E-state index contributed by atoms with van der Waals surface area (Å²) < 4.78 is 0. The van der Waals surface area contributed by atoms with Crippen molar-refractivity contribution in [2.24, 2.45) is 5.41 Å². The predicted octanol–water partition coefficient (Wildman–Crippen LogP) is 1.40. The third-order valence-corrected chi connectivity index (χ3v) is 4.93. The van der Waals surface area contributed by atoms with E-state index in [0.717, 1.165) is 6.04 Å². The van der Waals surface area contributed by atoms with Gasteiger partial charge in [0.1, 0.15) is 0 Å². The summed E-state index contributed by atoms with van der Waals surface area (Å²) in [6.45, 7) is 8.73. The molecule has 1 unspecified atom stereocenters. The molecule has 1 atom stereocenters. The molecule has 2 aliphatic heterocycles. The number of rotatable bonds is 4. The summed E-state index contributed by atoms with van der Waals surface area (Å²) in [5, 5.41) is 3.55. The Morgan fingerprint density at radius 3 is 2.47 bits per heavy atom. The van der Waals surface area contributed by atoms with Gasteiger partial charge in [-0.1, -0.05) is 6.92 Å². The summed E-state index contributed by atoms with van der Waals surface area (Å²) >= 11 is 0. The van der Waals surface area contributed by atoms with Crippen LogP contribution < -0.4 is 5.32 Å². The Kier molecular flexibility index (Phi) is 4.45. The molecule has 0 radical (unpaired) electrons. The molecule has 0 aromatic heterocycles. The first kappa shape index (κ1) is 13.3. The molecule has 0 aliphatic carbocycles. The Labute approximate surface area is 107 Å². The predicted molar refractivity (Wildman–Crippen MR) is 73.4 cm³/mol. The van der Waals surface area contributed by atoms with Crippen LogP contribution in [0.2, 0.25) is 0 Å². The van der Waals surface area contributed by atoms with E-state index in [1.165, 1.54) is 58.4 Å². The van der Waals surface area contributed by atoms with Gasteiger partial charge in [-0.05, 0) is 64.8 Å². The maximum Gasteiger partial charge on any atom is 0.0113 e. The van der Waals surface area contributed by atoms with Crippen LogP contribution in [0, 0.1) is 5.41 Å². The Morgan fingerprint density at radius 2 is 2.00 bits per heavy atom. The zero-order chi connectivity index (χ0) is 12.3. The topological polar surface area (TPSA) is 18.5 Å². The number of piperidine rings is 1. The van der Waals surface area contributed by atoms with Crippen molar-refractivity contribution in [2.45, 2.75) is 38.6 Å². The van der Waals surface area contributed by atoms with Crippen molar-refractivity contribution in [3.63, 3.8) is 0 Å². The van der Waals surface area contributed by atoms with Crippen LogP contribution in [0.25, 0.3) is 0 Å². The average molecular weight is 239 g/mol. The van der Waals surface area contributed by atoms with Gasteiger partial charge in [0.05, 0.1) is 0 Å². The number of hydrogen-bond donors (Lipinski definition) is 1. The molecule has 1 N–H and O–H groups in total. The van der Waals surface area contributed by atoms with Crippen molar-refractivity contribution in [2.75, 3.05) is 46.8 Å². The van der Waals surface area contributed by atoms with E-state index >= 15 is 0 Å². The first-order valence-electron chi connectivity index (χ1n) is 7.25. The third-order valence-electron chi connectivity index (χ3n) is 4.93. The molecule has 2 rings (SSSR count). The lowest BCUT2D eigenvalue weighted by Crippen LogP contribution is -2.46. The highest BCUT2D eigenvalue weighted by atomic mass is 15.2. The van der Waals surface area contributed by atoms with E-state index in [1.807, 2.05) is 0 Å². The van der Waals surface area contributed by atoms with E-state index in [0.29, 0.717) is 5.41 Å². The lowest BCUT2D eigenvalue weighted by atomic mass is 9.83. The maximum absolute atomic E-state index is 3.55. The zero-order valence-corrected chi connectivity index (χ0v) is 11.8. The van der Waals surface area contributed by atoms with Gasteiger partial charge in [0.25, 0.3) is 0 Å². The summed E-state index contributed by atoms with van der Waals surface area (Å²) in [6.07, 6.45) is 5.39. The van der Waals surface area contributed by atoms with Gasteiger partial charge in [0, 0.05) is 19.1 Å². The van der Waals surface area contributed by atoms with Crippen molar-refractivity contribution in [1.82, 2.24) is 15.1 Å². The molecule has 0 saturated carbocycles. The number of likely N-dealkylation sites (tertiary alicyclic amines) is 1. The standard InChI is InChI=1S/C14H29N3/c1-4-14(7-8-15-11-14)12-17-9-5-13(6-10-17)16(2)3/h13,15H,4-12H2,1-3H3. The molecule has 0 amide bonds. The van der Waals surface area contributed by atoms with Crippen LogP contribution in [-0.4, -0.2) is 62.7 Å². The molecule has 2 aliphatic rings. The van der Waals surface area contributed by atoms with Crippen LogP contribution in [0.3, 0.4) is 0 Å². The SMILES string of the molecule is CCC1(CN2CCC(N(C)C)CC2)CCNC1. The second-order valence-electron chi connectivity index (χ2n) is 6.25. The van der Waals surface area contributed by atoms with Gasteiger partial charge in [0.15, 0.2) is 0 Å². The minimum absolute atomic E-state index is 0.574. The molecule has 2 fully saturated rings. The number of hydrogen-bond acceptors (Lipinski definition) is 3. The molecule has 0 aromatic carbocycles. The van der Waals surface area contributed by atoms with Gasteiger partial charge >= 0.3 is 0 Å². The third kappa shape index (κ3) is 3.21. The molecule has 3 nitrogen and oxygen atoms in total. The highest BCUT2D eigenvalue weighted by Crippen LogP contribution is 2.31. The van der Waals surface area contributed by atoms with E-state index in [2.05, 4.69) is 36.1 Å². The highest BCUT2D eigenvalue weighted by Gasteiger charge is 2.34. The molecule has 100 valence electrons. The summed E-state index contributed by atoms with van der Waals surface area (Å²) in [6, 6.07) is 0.811. The van der Waals surface area contributed by atoms with Crippen LogP contribution in [-0.2, 0) is 0 Å². The minimum atomic E-state index is 0.574. The smallest absolute Gasteiger partial charge is 0.0113 e. The molecule has 3 heteroatoms. The zero-order valence-electron chi connectivity index (χ0n) is 11.8. The van der Waals surface area contributed by atoms with E-state index in [-0.39, 0.29) is 0 Å². The quantitative estimate of drug-likeness (QED) is 0.800. The first-order chi connectivity index (χ1) is 8.15. The monoisotopic (exact) mass is 239 g/mol. The maximum atomic E-state index is 3.55. The first-order valence-corrected chi connectivity index (χ1v) is 7.25. The fraction of sp³-hybridized carbons (Fsp3) is 1.00. The van der Waals surface area contributed by atoms with Crippen molar-refractivity contribution in [3.05, 3.63) is 0 Å². The number of nitrogens with one attached hydrogen (secondary N) is 1. The Morgan fingerprint density at radius 1 is 1.29 bits per heavy atom. The molecular weight excluding hydrogens is 210 g/mol. The van der Waals surface area contributed by atoms with Gasteiger partial charge < -0.3 is 15.1 Å². The number of nitrogens with zero attached hydrogens (tertiary/aromatic N) is 2. The summed E-state index contributed by atoms with van der Waals surface area (Å²) in [7, 11) is 4.43. The normalized spacial score (nSPS) is 32.5. The van der Waals surface area contributed by atoms with Crippen molar-refractivity contribution in [1.29, 1.82) is 0 Å². The molecule has 2 saturated heterocycles. The molecule has 0 spiro atoms. The molecule has 0 bridgehead atoms. The Balaban J connectivity index is 1.81. The van der Waals surface area contributed by atoms with Crippen LogP contribution in [0.15, 0.2) is 0 Å². The van der Waals surface area contributed by atoms with Gasteiger partial charge in [0.2, 0.25) is 0 Å². The molecule has 2 heterocycles. The summed E-state index contributed by atoms with van der Waals surface area (Å²) in [4.78, 5) is 5.10. The largest absolute Gasteiger partial charge is 0.316 e. The second kappa shape index (κ2) is 5.68. The van der Waals surface area contributed by atoms with Gasteiger partial charge in [-0.15, -0.1) is 0 Å². The Bertz CT molecular complexity index is 226. The van der Waals surface area contributed by atoms with Crippen LogP contribution in [0.4, 0.5) is 0 Å². The summed E-state index contributed by atoms with van der Waals surface area (Å²) in [5.74, 6) is 0. The van der Waals surface area contributed by atoms with Crippen LogP contribution >= 0.6 is 0 Å². The van der Waals surface area contributed by atoms with Crippen LogP contribution in [0.1, 0.15) is 32.6 Å². The van der Waals surface area contributed by atoms with E-state index in [4.69, 9.17) is 0 Å². The minimum Gasteiger partial charge on any atom is -0.316 e.